The Morgan fingerprint density at radius 1 is 1.26 bits per heavy atom. The number of carbonyl (C=O) groups excluding carboxylic acids is 2. The van der Waals surface area contributed by atoms with E-state index in [0.29, 0.717) is 24.9 Å². The number of benzene rings is 1. The van der Waals surface area contributed by atoms with Crippen molar-refractivity contribution in [3.8, 4) is 11.1 Å². The number of nitrogens with zero attached hydrogens (tertiary/aromatic N) is 1. The van der Waals surface area contributed by atoms with Crippen LogP contribution in [0.4, 0.5) is 4.79 Å². The molecule has 2 aromatic heterocycles. The highest BCUT2D eigenvalue weighted by Gasteiger charge is 2.21. The second-order valence-electron chi connectivity index (χ2n) is 7.55. The van der Waals surface area contributed by atoms with Crippen molar-refractivity contribution >= 4 is 33.4 Å². The zero-order chi connectivity index (χ0) is 22.0. The Balaban J connectivity index is 1.45. The van der Waals surface area contributed by atoms with Crippen molar-refractivity contribution < 1.29 is 14.3 Å². The van der Waals surface area contributed by atoms with Gasteiger partial charge in [-0.1, -0.05) is 28.1 Å². The summed E-state index contributed by atoms with van der Waals surface area (Å²) in [6, 6.07) is 13.3. The Morgan fingerprint density at radius 2 is 2.10 bits per heavy atom. The van der Waals surface area contributed by atoms with Crippen LogP contribution < -0.4 is 16.2 Å². The lowest BCUT2D eigenvalue weighted by Gasteiger charge is -2.12. The van der Waals surface area contributed by atoms with Gasteiger partial charge in [0.05, 0.1) is 5.56 Å². The van der Waals surface area contributed by atoms with Crippen LogP contribution in [0.15, 0.2) is 57.9 Å². The third-order valence-electron chi connectivity index (χ3n) is 5.45. The minimum atomic E-state index is -0.619. The zero-order valence-electron chi connectivity index (χ0n) is 17.0. The molecule has 1 atom stereocenters. The van der Waals surface area contributed by atoms with Crippen molar-refractivity contribution in [1.82, 2.24) is 15.0 Å². The number of pyridine rings is 2. The summed E-state index contributed by atoms with van der Waals surface area (Å²) < 4.78 is 7.76. The van der Waals surface area contributed by atoms with Crippen LogP contribution in [0.1, 0.15) is 24.0 Å². The smallest absolute Gasteiger partial charge is 0.407 e. The second kappa shape index (κ2) is 8.93. The van der Waals surface area contributed by atoms with Gasteiger partial charge in [-0.3, -0.25) is 14.0 Å². The maximum atomic E-state index is 12.8. The third kappa shape index (κ3) is 4.64. The van der Waals surface area contributed by atoms with Crippen molar-refractivity contribution in [2.45, 2.75) is 32.4 Å². The van der Waals surface area contributed by atoms with E-state index >= 15 is 0 Å². The summed E-state index contributed by atoms with van der Waals surface area (Å²) >= 11 is 3.56. The molecule has 3 heterocycles. The molecule has 160 valence electrons. The van der Waals surface area contributed by atoms with Crippen molar-refractivity contribution in [3.05, 3.63) is 74.6 Å². The molecule has 0 aliphatic carbocycles. The molecule has 7 nitrogen and oxygen atoms in total. The number of amides is 2. The topological polar surface area (TPSA) is 88.9 Å². The molecule has 0 spiro atoms. The largest absolute Gasteiger partial charge is 0.444 e. The molecule has 1 saturated heterocycles. The molecular weight excluding hydrogens is 462 g/mol. The highest BCUT2D eigenvalue weighted by Crippen LogP contribution is 2.29. The van der Waals surface area contributed by atoms with Crippen LogP contribution in [-0.2, 0) is 16.1 Å². The van der Waals surface area contributed by atoms with Crippen molar-refractivity contribution in [1.29, 1.82) is 0 Å². The predicted octanol–water partition coefficient (Wildman–Crippen LogP) is 3.54. The van der Waals surface area contributed by atoms with Crippen LogP contribution in [-0.4, -0.2) is 29.0 Å². The molecule has 8 heteroatoms. The van der Waals surface area contributed by atoms with Gasteiger partial charge in [0.2, 0.25) is 5.91 Å². The minimum Gasteiger partial charge on any atom is -0.444 e. The summed E-state index contributed by atoms with van der Waals surface area (Å²) in [5.74, 6) is -0.0115. The fourth-order valence-electron chi connectivity index (χ4n) is 3.67. The number of alkyl carbamates (subject to hydrolysis) is 1. The number of fused-ring (bicyclic) bond motifs is 1. The summed E-state index contributed by atoms with van der Waals surface area (Å²) in [4.78, 5) is 35.9. The van der Waals surface area contributed by atoms with Crippen LogP contribution in [0.25, 0.3) is 16.6 Å². The lowest BCUT2D eigenvalue weighted by atomic mass is 10.0. The number of hydrogen-bond donors (Lipinski definition) is 2. The molecule has 31 heavy (non-hydrogen) atoms. The van der Waals surface area contributed by atoms with Crippen LogP contribution in [0.2, 0.25) is 0 Å². The number of nitrogens with one attached hydrogen (secondary N) is 2. The van der Waals surface area contributed by atoms with Gasteiger partial charge in [-0.15, -0.1) is 0 Å². The van der Waals surface area contributed by atoms with E-state index in [2.05, 4.69) is 26.6 Å². The van der Waals surface area contributed by atoms with Crippen molar-refractivity contribution in [2.75, 3.05) is 6.54 Å². The molecule has 0 bridgehead atoms. The fourth-order valence-corrected chi connectivity index (χ4v) is 4.04. The van der Waals surface area contributed by atoms with E-state index in [4.69, 9.17) is 4.74 Å². The standard InChI is InChI=1S/C23H22BrN3O4/c1-14-19(3-2-4-20(14)24)15-9-10-27-18(11-15)7-5-16(22(27)29)13-31-23(30)25-12-17-6-8-21(28)26-17/h2-5,7,9-11,17H,6,8,12-13H2,1H3,(H,25,30)(H,26,28). The summed E-state index contributed by atoms with van der Waals surface area (Å²) in [5.41, 5.74) is 4.14. The van der Waals surface area contributed by atoms with Crippen molar-refractivity contribution in [2.24, 2.45) is 0 Å². The minimum absolute atomic E-state index is 0.0115. The van der Waals surface area contributed by atoms with Gasteiger partial charge in [0.15, 0.2) is 0 Å². The van der Waals surface area contributed by atoms with E-state index < -0.39 is 6.09 Å². The number of hydrogen-bond acceptors (Lipinski definition) is 4. The average Bonchev–Trinajstić information content (AvgIpc) is 3.18. The number of halogens is 1. The normalized spacial score (nSPS) is 15.7. The van der Waals surface area contributed by atoms with Crippen LogP contribution in [0, 0.1) is 6.92 Å². The second-order valence-corrected chi connectivity index (χ2v) is 8.40. The highest BCUT2D eigenvalue weighted by atomic mass is 79.9. The Kier molecular flexibility index (Phi) is 6.08. The van der Waals surface area contributed by atoms with Gasteiger partial charge >= 0.3 is 6.09 Å². The van der Waals surface area contributed by atoms with Gasteiger partial charge in [0.1, 0.15) is 6.61 Å². The monoisotopic (exact) mass is 483 g/mol. The maximum absolute atomic E-state index is 12.8. The molecule has 2 amide bonds. The maximum Gasteiger partial charge on any atom is 0.407 e. The summed E-state index contributed by atoms with van der Waals surface area (Å²) in [7, 11) is 0. The Morgan fingerprint density at radius 3 is 2.87 bits per heavy atom. The molecule has 1 aliphatic rings. The summed E-state index contributed by atoms with van der Waals surface area (Å²) in [6.45, 7) is 2.22. The lowest BCUT2D eigenvalue weighted by Crippen LogP contribution is -2.38. The lowest BCUT2D eigenvalue weighted by molar-refractivity contribution is -0.119. The fraction of sp³-hybridized carbons (Fsp3) is 0.261. The molecule has 0 saturated carbocycles. The van der Waals surface area contributed by atoms with E-state index in [1.54, 1.807) is 16.7 Å². The van der Waals surface area contributed by atoms with E-state index in [9.17, 15) is 14.4 Å². The molecule has 3 aromatic rings. The quantitative estimate of drug-likeness (QED) is 0.580. The molecule has 1 aromatic carbocycles. The van der Waals surface area contributed by atoms with Gasteiger partial charge in [-0.2, -0.15) is 0 Å². The number of aromatic nitrogens is 1. The Hall–Kier alpha value is -3.13. The van der Waals surface area contributed by atoms with Gasteiger partial charge in [0, 0.05) is 35.2 Å². The number of ether oxygens (including phenoxy) is 1. The van der Waals surface area contributed by atoms with Gasteiger partial charge < -0.3 is 15.4 Å². The SMILES string of the molecule is Cc1c(Br)cccc1-c1ccn2c(=O)c(COC(=O)NCC3CCC(=O)N3)ccc2c1. The molecule has 2 N–H and O–H groups in total. The Labute approximate surface area is 187 Å². The first-order valence-corrected chi connectivity index (χ1v) is 10.8. The molecule has 0 radical (unpaired) electrons. The van der Waals surface area contributed by atoms with Crippen LogP contribution in [0.5, 0.6) is 0 Å². The first-order chi connectivity index (χ1) is 14.9. The van der Waals surface area contributed by atoms with E-state index in [1.165, 1.54) is 0 Å². The molecule has 1 aliphatic heterocycles. The van der Waals surface area contributed by atoms with E-state index in [0.717, 1.165) is 26.7 Å². The summed E-state index contributed by atoms with van der Waals surface area (Å²) in [6.07, 6.45) is 2.27. The zero-order valence-corrected chi connectivity index (χ0v) is 18.6. The van der Waals surface area contributed by atoms with Crippen LogP contribution in [0.3, 0.4) is 0 Å². The Bertz CT molecular complexity index is 1220. The molecule has 4 rings (SSSR count). The number of rotatable bonds is 5. The average molecular weight is 484 g/mol. The van der Waals surface area contributed by atoms with Crippen LogP contribution >= 0.6 is 15.9 Å². The molecule has 1 unspecified atom stereocenters. The number of carbonyl (C=O) groups is 2. The van der Waals surface area contributed by atoms with E-state index in [-0.39, 0.29) is 24.1 Å². The van der Waals surface area contributed by atoms with Gasteiger partial charge in [0.25, 0.3) is 5.56 Å². The first-order valence-electron chi connectivity index (χ1n) is 10.0. The molecule has 1 fully saturated rings. The first kappa shape index (κ1) is 21.1. The molecular formula is C23H22BrN3O4. The van der Waals surface area contributed by atoms with E-state index in [1.807, 2.05) is 43.3 Å². The summed E-state index contributed by atoms with van der Waals surface area (Å²) in [5, 5.41) is 5.39. The third-order valence-corrected chi connectivity index (χ3v) is 6.31. The highest BCUT2D eigenvalue weighted by molar-refractivity contribution is 9.10. The van der Waals surface area contributed by atoms with Gasteiger partial charge in [-0.25, -0.2) is 4.79 Å². The van der Waals surface area contributed by atoms with Gasteiger partial charge in [-0.05, 0) is 60.4 Å². The van der Waals surface area contributed by atoms with Crippen molar-refractivity contribution in [3.63, 3.8) is 0 Å². The predicted molar refractivity (Wildman–Crippen MR) is 121 cm³/mol.